The van der Waals surface area contributed by atoms with Crippen LogP contribution in [0, 0.1) is 22.9 Å². The highest BCUT2D eigenvalue weighted by molar-refractivity contribution is 6.03. The van der Waals surface area contributed by atoms with Gasteiger partial charge in [0.05, 0.1) is 11.5 Å². The summed E-state index contributed by atoms with van der Waals surface area (Å²) in [7, 11) is 0. The van der Waals surface area contributed by atoms with Gasteiger partial charge in [0.1, 0.15) is 12.4 Å². The van der Waals surface area contributed by atoms with Crippen LogP contribution in [0.15, 0.2) is 79.0 Å². The van der Waals surface area contributed by atoms with Crippen LogP contribution >= 0.6 is 0 Å². The number of nitro groups is 1. The minimum absolute atomic E-state index is 0.0668. The van der Waals surface area contributed by atoms with Gasteiger partial charge in [-0.05, 0) is 53.9 Å². The summed E-state index contributed by atoms with van der Waals surface area (Å²) in [6, 6.07) is 19.3. The van der Waals surface area contributed by atoms with E-state index in [1.54, 1.807) is 72.4 Å². The Morgan fingerprint density at radius 1 is 1.09 bits per heavy atom. The minimum atomic E-state index is -0.485. The number of hydrogen-bond acceptors (Lipinski definition) is 5. The van der Waals surface area contributed by atoms with Gasteiger partial charge < -0.3 is 10.1 Å². The van der Waals surface area contributed by atoms with Gasteiger partial charge in [0.2, 0.25) is 0 Å². The van der Waals surface area contributed by atoms with Crippen molar-refractivity contribution in [2.24, 2.45) is 0 Å². The van der Waals surface area contributed by atoms with Gasteiger partial charge >= 0.3 is 5.69 Å². The van der Waals surface area contributed by atoms with Gasteiger partial charge in [0.15, 0.2) is 11.6 Å². The first kappa shape index (κ1) is 22.7. The first-order valence-electron chi connectivity index (χ1n) is 10.4. The molecule has 4 rings (SSSR count). The Morgan fingerprint density at radius 2 is 1.88 bits per heavy atom. The molecule has 3 aromatic carbocycles. The summed E-state index contributed by atoms with van der Waals surface area (Å²) in [5.74, 6) is -0.113. The third kappa shape index (κ3) is 5.63. The number of aromatic nitrogens is 2. The fourth-order valence-corrected chi connectivity index (χ4v) is 3.34. The third-order valence-electron chi connectivity index (χ3n) is 5.03. The van der Waals surface area contributed by atoms with Crippen molar-refractivity contribution in [3.05, 3.63) is 117 Å². The molecule has 1 amide bonds. The highest BCUT2D eigenvalue weighted by atomic mass is 19.1. The normalized spacial score (nSPS) is 10.6. The van der Waals surface area contributed by atoms with Crippen molar-refractivity contribution in [2.75, 3.05) is 5.32 Å². The number of nitro benzene ring substituents is 1. The molecule has 0 radical (unpaired) electrons. The average Bonchev–Trinajstić information content (AvgIpc) is 3.26. The predicted octanol–water partition coefficient (Wildman–Crippen LogP) is 5.12. The van der Waals surface area contributed by atoms with Crippen LogP contribution in [0.2, 0.25) is 0 Å². The van der Waals surface area contributed by atoms with E-state index in [4.69, 9.17) is 4.74 Å². The van der Waals surface area contributed by atoms with E-state index in [-0.39, 0.29) is 29.8 Å². The second-order valence-corrected chi connectivity index (χ2v) is 7.70. The first-order chi connectivity index (χ1) is 16.4. The molecule has 0 aliphatic rings. The molecule has 8 nitrogen and oxygen atoms in total. The lowest BCUT2D eigenvalue weighted by atomic mass is 10.1. The summed E-state index contributed by atoms with van der Waals surface area (Å²) < 4.78 is 20.3. The molecule has 0 fully saturated rings. The van der Waals surface area contributed by atoms with Crippen molar-refractivity contribution >= 4 is 17.4 Å². The van der Waals surface area contributed by atoms with Crippen LogP contribution in [0.25, 0.3) is 0 Å². The van der Waals surface area contributed by atoms with Crippen molar-refractivity contribution in [3.8, 4) is 5.75 Å². The number of rotatable bonds is 8. The van der Waals surface area contributed by atoms with E-state index < -0.39 is 4.92 Å². The zero-order valence-corrected chi connectivity index (χ0v) is 18.3. The van der Waals surface area contributed by atoms with E-state index in [9.17, 15) is 19.3 Å². The zero-order valence-electron chi connectivity index (χ0n) is 18.3. The first-order valence-corrected chi connectivity index (χ1v) is 10.4. The maximum absolute atomic E-state index is 13.1. The zero-order chi connectivity index (χ0) is 24.1. The Kier molecular flexibility index (Phi) is 6.63. The lowest BCUT2D eigenvalue weighted by Crippen LogP contribution is -2.13. The molecule has 0 aliphatic carbocycles. The SMILES string of the molecule is Cc1ccc(OCc2cccc(C(=O)Nc3ccn(Cc4ccc(F)cc4)n3)c2)c([N+](=O)[O-])c1. The molecule has 1 heterocycles. The van der Waals surface area contributed by atoms with Crippen LogP contribution in [-0.4, -0.2) is 20.6 Å². The van der Waals surface area contributed by atoms with E-state index in [0.717, 1.165) is 11.1 Å². The van der Waals surface area contributed by atoms with E-state index in [1.165, 1.54) is 18.2 Å². The Morgan fingerprint density at radius 3 is 2.65 bits per heavy atom. The number of carbonyl (C=O) groups is 1. The summed E-state index contributed by atoms with van der Waals surface area (Å²) in [4.78, 5) is 23.5. The molecule has 172 valence electrons. The molecule has 0 saturated heterocycles. The number of carbonyl (C=O) groups excluding carboxylic acids is 1. The van der Waals surface area contributed by atoms with Crippen LogP contribution in [-0.2, 0) is 13.2 Å². The molecule has 0 saturated carbocycles. The van der Waals surface area contributed by atoms with Crippen LogP contribution in [0.5, 0.6) is 5.75 Å². The standard InChI is InChI=1S/C25H21FN4O4/c1-17-5-10-23(22(13-17)30(32)33)34-16-19-3-2-4-20(14-19)25(31)27-24-11-12-29(28-24)15-18-6-8-21(26)9-7-18/h2-14H,15-16H2,1H3,(H,27,28,31). The molecule has 0 bridgehead atoms. The monoisotopic (exact) mass is 460 g/mol. The van der Waals surface area contributed by atoms with Gasteiger partial charge in [-0.15, -0.1) is 0 Å². The van der Waals surface area contributed by atoms with Gasteiger partial charge in [-0.25, -0.2) is 4.39 Å². The quantitative estimate of drug-likeness (QED) is 0.291. The highest BCUT2D eigenvalue weighted by Crippen LogP contribution is 2.28. The van der Waals surface area contributed by atoms with E-state index >= 15 is 0 Å². The van der Waals surface area contributed by atoms with Gasteiger partial charge in [0.25, 0.3) is 5.91 Å². The van der Waals surface area contributed by atoms with Gasteiger partial charge in [-0.3, -0.25) is 19.6 Å². The number of nitrogens with zero attached hydrogens (tertiary/aromatic N) is 3. The molecule has 0 spiro atoms. The maximum atomic E-state index is 13.1. The molecule has 1 N–H and O–H groups in total. The van der Waals surface area contributed by atoms with Crippen molar-refractivity contribution in [1.29, 1.82) is 0 Å². The molecular weight excluding hydrogens is 439 g/mol. The molecule has 1 aromatic heterocycles. The largest absolute Gasteiger partial charge is 0.482 e. The number of nitrogens with one attached hydrogen (secondary N) is 1. The second-order valence-electron chi connectivity index (χ2n) is 7.70. The topological polar surface area (TPSA) is 99.3 Å². The summed E-state index contributed by atoms with van der Waals surface area (Å²) in [5.41, 5.74) is 2.61. The lowest BCUT2D eigenvalue weighted by Gasteiger charge is -2.09. The fraction of sp³-hybridized carbons (Fsp3) is 0.120. The lowest BCUT2D eigenvalue weighted by molar-refractivity contribution is -0.386. The maximum Gasteiger partial charge on any atom is 0.311 e. The fourth-order valence-electron chi connectivity index (χ4n) is 3.34. The van der Waals surface area contributed by atoms with Crippen LogP contribution < -0.4 is 10.1 Å². The number of benzene rings is 3. The third-order valence-corrected chi connectivity index (χ3v) is 5.03. The van der Waals surface area contributed by atoms with Crippen LogP contribution in [0.3, 0.4) is 0 Å². The number of hydrogen-bond donors (Lipinski definition) is 1. The summed E-state index contributed by atoms with van der Waals surface area (Å²) >= 11 is 0. The highest BCUT2D eigenvalue weighted by Gasteiger charge is 2.16. The van der Waals surface area contributed by atoms with Crippen molar-refractivity contribution in [2.45, 2.75) is 20.1 Å². The minimum Gasteiger partial charge on any atom is -0.482 e. The summed E-state index contributed by atoms with van der Waals surface area (Å²) in [5, 5.41) is 18.3. The van der Waals surface area contributed by atoms with E-state index in [1.807, 2.05) is 0 Å². The second kappa shape index (κ2) is 9.95. The van der Waals surface area contributed by atoms with Gasteiger partial charge in [0, 0.05) is 23.9 Å². The number of halogens is 1. The van der Waals surface area contributed by atoms with Crippen molar-refractivity contribution in [3.63, 3.8) is 0 Å². The number of anilines is 1. The summed E-state index contributed by atoms with van der Waals surface area (Å²) in [6.07, 6.45) is 1.72. The number of ether oxygens (including phenoxy) is 1. The molecule has 9 heteroatoms. The smallest absolute Gasteiger partial charge is 0.311 e. The Hall–Kier alpha value is -4.53. The van der Waals surface area contributed by atoms with E-state index in [2.05, 4.69) is 10.4 Å². The molecule has 34 heavy (non-hydrogen) atoms. The van der Waals surface area contributed by atoms with E-state index in [0.29, 0.717) is 23.5 Å². The Bertz CT molecular complexity index is 1340. The molecular formula is C25H21FN4O4. The van der Waals surface area contributed by atoms with Gasteiger partial charge in [-0.2, -0.15) is 5.10 Å². The van der Waals surface area contributed by atoms with Crippen molar-refractivity contribution in [1.82, 2.24) is 9.78 Å². The molecule has 0 aliphatic heterocycles. The average molecular weight is 460 g/mol. The van der Waals surface area contributed by atoms with Crippen molar-refractivity contribution < 1.29 is 18.8 Å². The Balaban J connectivity index is 1.39. The number of amides is 1. The summed E-state index contributed by atoms with van der Waals surface area (Å²) in [6.45, 7) is 2.27. The molecule has 4 aromatic rings. The number of aryl methyl sites for hydroxylation is 1. The predicted molar refractivity (Wildman–Crippen MR) is 124 cm³/mol. The Labute approximate surface area is 194 Å². The molecule has 0 unspecified atom stereocenters. The van der Waals surface area contributed by atoms with Crippen LogP contribution in [0.4, 0.5) is 15.9 Å². The van der Waals surface area contributed by atoms with Gasteiger partial charge in [-0.1, -0.05) is 30.3 Å². The van der Waals surface area contributed by atoms with Crippen LogP contribution in [0.1, 0.15) is 27.0 Å². The molecule has 0 atom stereocenters.